The fourth-order valence-corrected chi connectivity index (χ4v) is 4.48. The van der Waals surface area contributed by atoms with Gasteiger partial charge >= 0.3 is 0 Å². The third-order valence-corrected chi connectivity index (χ3v) is 7.00. The lowest BCUT2D eigenvalue weighted by Gasteiger charge is -2.20. The summed E-state index contributed by atoms with van der Waals surface area (Å²) in [5, 5.41) is 4.22. The van der Waals surface area contributed by atoms with Crippen LogP contribution in [0.2, 0.25) is 5.02 Å². The molecule has 4 aromatic rings. The summed E-state index contributed by atoms with van der Waals surface area (Å²) in [7, 11) is -2.63. The number of benzene rings is 2. The molecule has 2 heterocycles. The topological polar surface area (TPSA) is 67.8 Å². The molecule has 2 aromatic heterocycles. The van der Waals surface area contributed by atoms with E-state index in [1.54, 1.807) is 44.5 Å². The number of nitrogens with one attached hydrogen (secondary N) is 1. The van der Waals surface area contributed by atoms with Crippen molar-refractivity contribution in [1.29, 1.82) is 0 Å². The number of fused-ring (bicyclic) bond motifs is 1. The van der Waals surface area contributed by atoms with Crippen LogP contribution >= 0.6 is 18.7 Å². The molecule has 0 spiro atoms. The number of aromatic nitrogens is 3. The van der Waals surface area contributed by atoms with Gasteiger partial charge in [-0.25, -0.2) is 18.7 Å². The van der Waals surface area contributed by atoms with Gasteiger partial charge in [0.05, 0.1) is 28.0 Å². The van der Waals surface area contributed by atoms with Gasteiger partial charge in [0.1, 0.15) is 18.8 Å². The number of hydrogen-bond donors (Lipinski definition) is 1. The second kappa shape index (κ2) is 8.81. The van der Waals surface area contributed by atoms with Gasteiger partial charge in [0.25, 0.3) is 0 Å². The van der Waals surface area contributed by atoms with E-state index < -0.39 is 19.0 Å². The molecular formula is C24H22ClF2N4OP. The average Bonchev–Trinajstić information content (AvgIpc) is 2.76. The van der Waals surface area contributed by atoms with E-state index in [2.05, 4.69) is 20.3 Å². The van der Waals surface area contributed by atoms with E-state index in [9.17, 15) is 8.96 Å². The molecular weight excluding hydrogens is 465 g/mol. The highest BCUT2D eigenvalue weighted by Gasteiger charge is 2.20. The number of aryl methyl sites for hydroxylation is 1. The monoisotopic (exact) mass is 486 g/mol. The lowest BCUT2D eigenvalue weighted by atomic mass is 10.0. The number of nitrogens with zero attached hydrogens (tertiary/aromatic N) is 3. The van der Waals surface area contributed by atoms with Gasteiger partial charge in [0.15, 0.2) is 5.57 Å². The molecule has 0 radical (unpaired) electrons. The number of rotatable bonds is 5. The Morgan fingerprint density at radius 3 is 2.36 bits per heavy atom. The summed E-state index contributed by atoms with van der Waals surface area (Å²) < 4.78 is 41.6. The zero-order valence-electron chi connectivity index (χ0n) is 18.5. The number of halogens is 3. The quantitative estimate of drug-likeness (QED) is 0.333. The Balaban J connectivity index is 1.84. The maximum absolute atomic E-state index is 15.0. The van der Waals surface area contributed by atoms with Crippen molar-refractivity contribution >= 4 is 40.9 Å². The largest absolute Gasteiger partial charge is 0.377 e. The van der Waals surface area contributed by atoms with E-state index in [0.717, 1.165) is 0 Å². The molecule has 0 saturated heterocycles. The molecule has 4 rings (SSSR count). The second-order valence-electron chi connectivity index (χ2n) is 8.25. The van der Waals surface area contributed by atoms with Crippen molar-refractivity contribution < 1.29 is 13.3 Å². The highest BCUT2D eigenvalue weighted by molar-refractivity contribution is 7.69. The molecule has 1 atom stereocenters. The first-order valence-corrected chi connectivity index (χ1v) is 13.2. The molecule has 0 fully saturated rings. The minimum atomic E-state index is -2.63. The van der Waals surface area contributed by atoms with E-state index in [-0.39, 0.29) is 16.9 Å². The summed E-state index contributed by atoms with van der Waals surface area (Å²) in [6.45, 7) is 6.70. The molecule has 0 bridgehead atoms. The summed E-state index contributed by atoms with van der Waals surface area (Å²) in [4.78, 5) is 12.7. The standard InChI is InChI=1S/C24H22ClF2N4OP/c1-13(16-7-5-6-8-19(16)26)31-23-18-9-17(15-11-28-24(29-12-15)33(3,4)32)20(27)10-21(18)30-14(2)22(23)25/h5-13H,1-4H3,(H,30,31)/t13-/m1/s1. The van der Waals surface area contributed by atoms with Crippen molar-refractivity contribution in [3.63, 3.8) is 0 Å². The van der Waals surface area contributed by atoms with Crippen LogP contribution in [0.3, 0.4) is 0 Å². The molecule has 2 aromatic carbocycles. The molecule has 0 saturated carbocycles. The van der Waals surface area contributed by atoms with Gasteiger partial charge in [-0.3, -0.25) is 4.98 Å². The van der Waals surface area contributed by atoms with Gasteiger partial charge in [-0.05, 0) is 39.3 Å². The Bertz CT molecular complexity index is 1410. The maximum Gasteiger partial charge on any atom is 0.188 e. The van der Waals surface area contributed by atoms with Crippen LogP contribution in [0.4, 0.5) is 14.5 Å². The second-order valence-corrected chi connectivity index (χ2v) is 11.7. The zero-order chi connectivity index (χ0) is 23.9. The van der Waals surface area contributed by atoms with E-state index in [0.29, 0.717) is 38.4 Å². The van der Waals surface area contributed by atoms with Crippen LogP contribution in [0.15, 0.2) is 48.8 Å². The average molecular weight is 487 g/mol. The van der Waals surface area contributed by atoms with Gasteiger partial charge in [-0.15, -0.1) is 0 Å². The Hall–Kier alpha value is -2.89. The van der Waals surface area contributed by atoms with Crippen molar-refractivity contribution in [2.75, 3.05) is 18.6 Å². The van der Waals surface area contributed by atoms with Crippen LogP contribution in [-0.2, 0) is 4.57 Å². The first-order valence-electron chi connectivity index (χ1n) is 10.2. The minimum absolute atomic E-state index is 0.230. The fraction of sp³-hybridized carbons (Fsp3) is 0.208. The highest BCUT2D eigenvalue weighted by Crippen LogP contribution is 2.38. The maximum atomic E-state index is 15.0. The molecule has 0 aliphatic rings. The number of hydrogen-bond acceptors (Lipinski definition) is 5. The van der Waals surface area contributed by atoms with Gasteiger partial charge in [-0.2, -0.15) is 0 Å². The van der Waals surface area contributed by atoms with Gasteiger partial charge in [0.2, 0.25) is 0 Å². The van der Waals surface area contributed by atoms with Crippen molar-refractivity contribution in [2.24, 2.45) is 0 Å². The van der Waals surface area contributed by atoms with Crippen LogP contribution in [0.5, 0.6) is 0 Å². The van der Waals surface area contributed by atoms with Crippen molar-refractivity contribution in [3.05, 3.63) is 76.7 Å². The van der Waals surface area contributed by atoms with E-state index >= 15 is 4.39 Å². The molecule has 1 N–H and O–H groups in total. The summed E-state index contributed by atoms with van der Waals surface area (Å²) in [6.07, 6.45) is 2.90. The zero-order valence-corrected chi connectivity index (χ0v) is 20.2. The Morgan fingerprint density at radius 2 is 1.73 bits per heavy atom. The molecule has 33 heavy (non-hydrogen) atoms. The Labute approximate surface area is 195 Å². The van der Waals surface area contributed by atoms with Crippen LogP contribution in [-0.4, -0.2) is 28.3 Å². The minimum Gasteiger partial charge on any atom is -0.377 e. The highest BCUT2D eigenvalue weighted by atomic mass is 35.5. The van der Waals surface area contributed by atoms with E-state index in [1.165, 1.54) is 24.5 Å². The van der Waals surface area contributed by atoms with E-state index in [1.807, 2.05) is 6.92 Å². The third-order valence-electron chi connectivity index (χ3n) is 5.34. The van der Waals surface area contributed by atoms with E-state index in [4.69, 9.17) is 11.6 Å². The smallest absolute Gasteiger partial charge is 0.188 e. The van der Waals surface area contributed by atoms with Crippen molar-refractivity contribution in [3.8, 4) is 11.1 Å². The lowest BCUT2D eigenvalue weighted by molar-refractivity contribution is 0.587. The lowest BCUT2D eigenvalue weighted by Crippen LogP contribution is -2.12. The summed E-state index contributed by atoms with van der Waals surface area (Å²) in [5.74, 6) is -0.839. The predicted molar refractivity (Wildman–Crippen MR) is 130 cm³/mol. The van der Waals surface area contributed by atoms with Crippen LogP contribution < -0.4 is 10.9 Å². The van der Waals surface area contributed by atoms with Crippen molar-refractivity contribution in [1.82, 2.24) is 15.0 Å². The normalized spacial score (nSPS) is 12.7. The van der Waals surface area contributed by atoms with Gasteiger partial charge in [-0.1, -0.05) is 29.8 Å². The summed E-state index contributed by atoms with van der Waals surface area (Å²) in [6, 6.07) is 9.02. The SMILES string of the molecule is Cc1nc2cc(F)c(-c3cnc(P(C)(C)=O)nc3)cc2c(N[C@H](C)c2ccccc2F)c1Cl. The van der Waals surface area contributed by atoms with Crippen LogP contribution in [0.1, 0.15) is 24.2 Å². The third kappa shape index (κ3) is 4.61. The summed E-state index contributed by atoms with van der Waals surface area (Å²) >= 11 is 6.58. The summed E-state index contributed by atoms with van der Waals surface area (Å²) in [5.41, 5.74) is 2.84. The molecule has 9 heteroatoms. The Morgan fingerprint density at radius 1 is 1.06 bits per heavy atom. The molecule has 0 aliphatic heterocycles. The van der Waals surface area contributed by atoms with Gasteiger partial charge < -0.3 is 9.88 Å². The number of pyridine rings is 1. The Kier molecular flexibility index (Phi) is 6.21. The number of anilines is 1. The van der Waals surface area contributed by atoms with Crippen LogP contribution in [0.25, 0.3) is 22.0 Å². The van der Waals surface area contributed by atoms with Gasteiger partial charge in [0, 0.05) is 40.5 Å². The molecule has 170 valence electrons. The molecule has 5 nitrogen and oxygen atoms in total. The van der Waals surface area contributed by atoms with Crippen LogP contribution in [0, 0.1) is 18.6 Å². The first-order chi connectivity index (χ1) is 15.6. The molecule has 0 amide bonds. The molecule has 0 unspecified atom stereocenters. The first kappa shape index (κ1) is 23.3. The molecule has 0 aliphatic carbocycles. The predicted octanol–water partition coefficient (Wildman–Crippen LogP) is 6.35. The van der Waals surface area contributed by atoms with Crippen molar-refractivity contribution in [2.45, 2.75) is 19.9 Å². The fourth-order valence-electron chi connectivity index (χ4n) is 3.61.